The third-order valence-corrected chi connectivity index (χ3v) is 1.54. The Kier molecular flexibility index (Phi) is 2.04. The zero-order valence-corrected chi connectivity index (χ0v) is 6.35. The number of hydrogen-bond acceptors (Lipinski definition) is 2. The van der Waals surface area contributed by atoms with E-state index in [-0.39, 0.29) is 0 Å². The lowest BCUT2D eigenvalue weighted by molar-refractivity contribution is 0.400. The first kappa shape index (κ1) is 7.25. The van der Waals surface area contributed by atoms with Crippen molar-refractivity contribution in [1.82, 2.24) is 0 Å². The molecule has 0 bridgehead atoms. The van der Waals surface area contributed by atoms with Crippen molar-refractivity contribution in [3.8, 4) is 0 Å². The van der Waals surface area contributed by atoms with E-state index in [0.717, 1.165) is 12.8 Å². The van der Waals surface area contributed by atoms with Gasteiger partial charge in [-0.2, -0.15) is 0 Å². The number of amidine groups is 1. The van der Waals surface area contributed by atoms with Gasteiger partial charge in [-0.1, -0.05) is 0 Å². The number of ether oxygens (including phenoxy) is 1. The highest BCUT2D eigenvalue weighted by atomic mass is 16.5. The average molecular weight is 140 g/mol. The lowest BCUT2D eigenvalue weighted by Crippen LogP contribution is -2.01. The van der Waals surface area contributed by atoms with Gasteiger partial charge >= 0.3 is 0 Å². The summed E-state index contributed by atoms with van der Waals surface area (Å²) < 4.78 is 4.81. The Morgan fingerprint density at radius 2 is 2.20 bits per heavy atom. The van der Waals surface area contributed by atoms with Crippen LogP contribution in [0.5, 0.6) is 0 Å². The lowest BCUT2D eigenvalue weighted by Gasteiger charge is -1.96. The molecular weight excluding hydrogens is 128 g/mol. The van der Waals surface area contributed by atoms with E-state index in [0.29, 0.717) is 17.7 Å². The maximum absolute atomic E-state index is 7.37. The molecule has 3 heteroatoms. The summed E-state index contributed by atoms with van der Waals surface area (Å²) in [4.78, 5) is 3.94. The van der Waals surface area contributed by atoms with Crippen LogP contribution in [0.15, 0.2) is 4.99 Å². The van der Waals surface area contributed by atoms with E-state index in [4.69, 9.17) is 10.1 Å². The van der Waals surface area contributed by atoms with Crippen molar-refractivity contribution in [2.75, 3.05) is 7.11 Å². The van der Waals surface area contributed by atoms with Gasteiger partial charge in [-0.15, -0.1) is 0 Å². The van der Waals surface area contributed by atoms with Crippen molar-refractivity contribution in [3.05, 3.63) is 0 Å². The van der Waals surface area contributed by atoms with E-state index < -0.39 is 0 Å². The van der Waals surface area contributed by atoms with Crippen LogP contribution in [0.2, 0.25) is 0 Å². The Morgan fingerprint density at radius 1 is 1.60 bits per heavy atom. The molecule has 0 heterocycles. The SMILES string of the molecule is CO/C(C)=N/C(=N)C1CC1. The lowest BCUT2D eigenvalue weighted by atomic mass is 10.4. The van der Waals surface area contributed by atoms with Gasteiger partial charge in [0, 0.05) is 12.8 Å². The van der Waals surface area contributed by atoms with E-state index in [1.54, 1.807) is 14.0 Å². The summed E-state index contributed by atoms with van der Waals surface area (Å²) in [5.41, 5.74) is 0. The zero-order valence-electron chi connectivity index (χ0n) is 6.35. The van der Waals surface area contributed by atoms with Gasteiger partial charge in [0.15, 0.2) is 5.90 Å². The van der Waals surface area contributed by atoms with Crippen LogP contribution in [0.3, 0.4) is 0 Å². The summed E-state index contributed by atoms with van der Waals surface area (Å²) in [5, 5.41) is 7.37. The maximum atomic E-state index is 7.37. The highest BCUT2D eigenvalue weighted by molar-refractivity contribution is 5.94. The van der Waals surface area contributed by atoms with E-state index in [9.17, 15) is 0 Å². The molecule has 1 aliphatic carbocycles. The molecule has 1 N–H and O–H groups in total. The molecule has 0 aliphatic heterocycles. The van der Waals surface area contributed by atoms with Crippen molar-refractivity contribution >= 4 is 11.7 Å². The minimum Gasteiger partial charge on any atom is -0.484 e. The highest BCUT2D eigenvalue weighted by Gasteiger charge is 2.26. The second-order valence-electron chi connectivity index (χ2n) is 2.49. The molecule has 0 atom stereocenters. The van der Waals surface area contributed by atoms with Crippen LogP contribution in [0.1, 0.15) is 19.8 Å². The highest BCUT2D eigenvalue weighted by Crippen LogP contribution is 2.30. The quantitative estimate of drug-likeness (QED) is 0.434. The molecule has 0 unspecified atom stereocenters. The largest absolute Gasteiger partial charge is 0.484 e. The summed E-state index contributed by atoms with van der Waals surface area (Å²) in [7, 11) is 1.57. The Labute approximate surface area is 60.6 Å². The molecule has 0 spiro atoms. The van der Waals surface area contributed by atoms with Gasteiger partial charge < -0.3 is 4.74 Å². The maximum Gasteiger partial charge on any atom is 0.186 e. The van der Waals surface area contributed by atoms with Gasteiger partial charge in [0.25, 0.3) is 0 Å². The van der Waals surface area contributed by atoms with Gasteiger partial charge in [0.05, 0.1) is 7.11 Å². The first-order chi connectivity index (χ1) is 4.74. The average Bonchev–Trinajstić information content (AvgIpc) is 2.68. The Morgan fingerprint density at radius 3 is 2.60 bits per heavy atom. The van der Waals surface area contributed by atoms with Crippen molar-refractivity contribution in [1.29, 1.82) is 5.41 Å². The molecule has 1 fully saturated rings. The van der Waals surface area contributed by atoms with Crippen molar-refractivity contribution < 1.29 is 4.74 Å². The van der Waals surface area contributed by atoms with Crippen LogP contribution >= 0.6 is 0 Å². The summed E-state index contributed by atoms with van der Waals surface area (Å²) in [5.74, 6) is 1.47. The number of aliphatic imine (C=N–C) groups is 1. The minimum absolute atomic E-state index is 0.421. The Hall–Kier alpha value is -0.860. The van der Waals surface area contributed by atoms with Crippen LogP contribution in [0.4, 0.5) is 0 Å². The van der Waals surface area contributed by atoms with E-state index in [1.165, 1.54) is 0 Å². The molecule has 3 nitrogen and oxygen atoms in total. The summed E-state index contributed by atoms with van der Waals surface area (Å²) in [6, 6.07) is 0. The van der Waals surface area contributed by atoms with Crippen LogP contribution in [-0.4, -0.2) is 18.8 Å². The molecule has 0 amide bonds. The van der Waals surface area contributed by atoms with Crippen LogP contribution < -0.4 is 0 Å². The molecule has 1 rings (SSSR count). The molecule has 10 heavy (non-hydrogen) atoms. The fourth-order valence-corrected chi connectivity index (χ4v) is 0.663. The van der Waals surface area contributed by atoms with Crippen LogP contribution in [0.25, 0.3) is 0 Å². The predicted molar refractivity (Wildman–Crippen MR) is 40.6 cm³/mol. The number of hydrogen-bond donors (Lipinski definition) is 1. The Bertz CT molecular complexity index is 170. The standard InChI is InChI=1S/C7H12N2O/c1-5(10-2)9-7(8)6-3-4-6/h6,8H,3-4H2,1-2H3/b8-7?,9-5+. The molecule has 56 valence electrons. The fourth-order valence-electron chi connectivity index (χ4n) is 0.663. The van der Waals surface area contributed by atoms with Crippen molar-refractivity contribution in [3.63, 3.8) is 0 Å². The van der Waals surface area contributed by atoms with Crippen molar-refractivity contribution in [2.24, 2.45) is 10.9 Å². The van der Waals surface area contributed by atoms with Gasteiger partial charge in [-0.3, -0.25) is 5.41 Å². The second-order valence-corrected chi connectivity index (χ2v) is 2.49. The normalized spacial score (nSPS) is 18.8. The zero-order chi connectivity index (χ0) is 7.56. The molecule has 0 aromatic carbocycles. The van der Waals surface area contributed by atoms with E-state index in [1.807, 2.05) is 0 Å². The van der Waals surface area contributed by atoms with E-state index in [2.05, 4.69) is 4.99 Å². The number of nitrogens with one attached hydrogen (secondary N) is 1. The first-order valence-corrected chi connectivity index (χ1v) is 3.41. The molecule has 0 aromatic heterocycles. The Balaban J connectivity index is 2.41. The molecule has 1 saturated carbocycles. The predicted octanol–water partition coefficient (Wildman–Crippen LogP) is 1.44. The molecule has 0 saturated heterocycles. The summed E-state index contributed by atoms with van der Waals surface area (Å²) >= 11 is 0. The third-order valence-electron chi connectivity index (χ3n) is 1.54. The number of nitrogens with zero attached hydrogens (tertiary/aromatic N) is 1. The van der Waals surface area contributed by atoms with Crippen molar-refractivity contribution in [2.45, 2.75) is 19.8 Å². The summed E-state index contributed by atoms with van der Waals surface area (Å²) in [6.07, 6.45) is 2.25. The molecule has 0 radical (unpaired) electrons. The first-order valence-electron chi connectivity index (χ1n) is 3.41. The molecule has 1 aliphatic rings. The van der Waals surface area contributed by atoms with Gasteiger partial charge in [-0.05, 0) is 12.8 Å². The molecule has 0 aromatic rings. The summed E-state index contributed by atoms with van der Waals surface area (Å²) in [6.45, 7) is 1.76. The van der Waals surface area contributed by atoms with Crippen LogP contribution in [0, 0.1) is 11.3 Å². The van der Waals surface area contributed by atoms with Gasteiger partial charge in [-0.25, -0.2) is 4.99 Å². The van der Waals surface area contributed by atoms with Crippen LogP contribution in [-0.2, 0) is 4.74 Å². The molecular formula is C7H12N2O. The van der Waals surface area contributed by atoms with Gasteiger partial charge in [0.2, 0.25) is 0 Å². The fraction of sp³-hybridized carbons (Fsp3) is 0.714. The number of methoxy groups -OCH3 is 1. The third kappa shape index (κ3) is 1.83. The smallest absolute Gasteiger partial charge is 0.186 e. The minimum atomic E-state index is 0.421. The van der Waals surface area contributed by atoms with E-state index >= 15 is 0 Å². The van der Waals surface area contributed by atoms with Gasteiger partial charge in [0.1, 0.15) is 5.84 Å². The number of rotatable bonds is 1. The second kappa shape index (κ2) is 2.82. The topological polar surface area (TPSA) is 45.4 Å². The monoisotopic (exact) mass is 140 g/mol.